The molecule has 2 atom stereocenters. The summed E-state index contributed by atoms with van der Waals surface area (Å²) in [5.74, 6) is 0.222. The van der Waals surface area contributed by atoms with Crippen LogP contribution in [-0.2, 0) is 9.53 Å². The van der Waals surface area contributed by atoms with Gasteiger partial charge in [0.05, 0.1) is 18.4 Å². The van der Waals surface area contributed by atoms with E-state index < -0.39 is 0 Å². The Morgan fingerprint density at radius 2 is 2.53 bits per heavy atom. The molecule has 102 valence electrons. The summed E-state index contributed by atoms with van der Waals surface area (Å²) in [7, 11) is 0. The van der Waals surface area contributed by atoms with Crippen molar-refractivity contribution in [2.75, 3.05) is 13.2 Å². The predicted molar refractivity (Wildman–Crippen MR) is 68.3 cm³/mol. The Balaban J connectivity index is 1.69. The van der Waals surface area contributed by atoms with Crippen LogP contribution in [0, 0.1) is 11.3 Å². The van der Waals surface area contributed by atoms with Gasteiger partial charge >= 0.3 is 0 Å². The zero-order chi connectivity index (χ0) is 13.5. The summed E-state index contributed by atoms with van der Waals surface area (Å²) < 4.78 is 10.6. The average Bonchev–Trinajstić information content (AvgIpc) is 3.10. The first-order valence-electron chi connectivity index (χ1n) is 6.61. The van der Waals surface area contributed by atoms with Crippen molar-refractivity contribution in [2.24, 2.45) is 0 Å². The minimum atomic E-state index is -0.358. The molecule has 1 N–H and O–H groups in total. The molecule has 2 heterocycles. The summed E-state index contributed by atoms with van der Waals surface area (Å²) in [5, 5.41) is 11.9. The second-order valence-electron chi connectivity index (χ2n) is 4.67. The molecule has 1 aliphatic heterocycles. The first-order chi connectivity index (χ1) is 9.29. The minimum Gasteiger partial charge on any atom is -0.468 e. The number of amides is 1. The summed E-state index contributed by atoms with van der Waals surface area (Å²) in [6.07, 6.45) is 4.56. The standard InChI is InChI=1S/C14H18N2O3/c15-9-11(13-4-2-8-19-13)5-6-14(17)16-10-12-3-1-7-18-12/h2,4,8,11-12H,1,3,5-7,10H2,(H,16,17). The summed E-state index contributed by atoms with van der Waals surface area (Å²) in [6, 6.07) is 5.67. The monoisotopic (exact) mass is 262 g/mol. The third kappa shape index (κ3) is 4.11. The van der Waals surface area contributed by atoms with Crippen molar-refractivity contribution in [1.29, 1.82) is 5.26 Å². The van der Waals surface area contributed by atoms with E-state index in [1.54, 1.807) is 12.1 Å². The molecule has 5 nitrogen and oxygen atoms in total. The first-order valence-corrected chi connectivity index (χ1v) is 6.61. The zero-order valence-corrected chi connectivity index (χ0v) is 10.8. The minimum absolute atomic E-state index is 0.0395. The maximum Gasteiger partial charge on any atom is 0.220 e. The van der Waals surface area contributed by atoms with Crippen LogP contribution in [0.15, 0.2) is 22.8 Å². The fourth-order valence-electron chi connectivity index (χ4n) is 2.16. The van der Waals surface area contributed by atoms with Crippen LogP contribution in [0.1, 0.15) is 37.4 Å². The molecule has 1 aromatic heterocycles. The fraction of sp³-hybridized carbons (Fsp3) is 0.571. The van der Waals surface area contributed by atoms with Gasteiger partial charge in [-0.15, -0.1) is 0 Å². The smallest absolute Gasteiger partial charge is 0.220 e. The maximum atomic E-state index is 11.7. The van der Waals surface area contributed by atoms with Gasteiger partial charge in [-0.1, -0.05) is 0 Å². The highest BCUT2D eigenvalue weighted by molar-refractivity contribution is 5.76. The molecule has 0 saturated carbocycles. The number of carbonyl (C=O) groups is 1. The summed E-state index contributed by atoms with van der Waals surface area (Å²) in [5.41, 5.74) is 0. The molecule has 0 bridgehead atoms. The van der Waals surface area contributed by atoms with Gasteiger partial charge in [0, 0.05) is 19.6 Å². The van der Waals surface area contributed by atoms with E-state index in [0.29, 0.717) is 25.1 Å². The molecule has 2 unspecified atom stereocenters. The van der Waals surface area contributed by atoms with E-state index in [1.807, 2.05) is 0 Å². The molecular weight excluding hydrogens is 244 g/mol. The van der Waals surface area contributed by atoms with E-state index in [9.17, 15) is 4.79 Å². The Hall–Kier alpha value is -1.80. The van der Waals surface area contributed by atoms with Gasteiger partial charge in [0.1, 0.15) is 11.7 Å². The van der Waals surface area contributed by atoms with E-state index in [0.717, 1.165) is 19.4 Å². The van der Waals surface area contributed by atoms with Crippen LogP contribution < -0.4 is 5.32 Å². The fourth-order valence-corrected chi connectivity index (χ4v) is 2.16. The van der Waals surface area contributed by atoms with Crippen LogP contribution in [0.5, 0.6) is 0 Å². The topological polar surface area (TPSA) is 75.3 Å². The van der Waals surface area contributed by atoms with Crippen molar-refractivity contribution < 1.29 is 13.9 Å². The lowest BCUT2D eigenvalue weighted by atomic mass is 10.0. The van der Waals surface area contributed by atoms with Gasteiger partial charge < -0.3 is 14.5 Å². The lowest BCUT2D eigenvalue weighted by molar-refractivity contribution is -0.121. The highest BCUT2D eigenvalue weighted by Gasteiger charge is 2.18. The van der Waals surface area contributed by atoms with Crippen molar-refractivity contribution in [3.05, 3.63) is 24.2 Å². The lowest BCUT2D eigenvalue weighted by Gasteiger charge is -2.11. The third-order valence-electron chi connectivity index (χ3n) is 3.25. The normalized spacial score (nSPS) is 19.8. The Labute approximate surface area is 112 Å². The van der Waals surface area contributed by atoms with Gasteiger partial charge in [-0.25, -0.2) is 0 Å². The van der Waals surface area contributed by atoms with Crippen LogP contribution >= 0.6 is 0 Å². The lowest BCUT2D eigenvalue weighted by Crippen LogP contribution is -2.31. The largest absolute Gasteiger partial charge is 0.468 e. The maximum absolute atomic E-state index is 11.7. The van der Waals surface area contributed by atoms with Crippen molar-refractivity contribution in [3.8, 4) is 6.07 Å². The van der Waals surface area contributed by atoms with Crippen molar-refractivity contribution in [1.82, 2.24) is 5.32 Å². The van der Waals surface area contributed by atoms with Gasteiger partial charge in [0.15, 0.2) is 0 Å². The van der Waals surface area contributed by atoms with Crippen molar-refractivity contribution >= 4 is 5.91 Å². The number of rotatable bonds is 6. The molecule has 0 aliphatic carbocycles. The van der Waals surface area contributed by atoms with Gasteiger partial charge in [0.2, 0.25) is 5.91 Å². The molecule has 1 saturated heterocycles. The second kappa shape index (κ2) is 6.95. The third-order valence-corrected chi connectivity index (χ3v) is 3.25. The Morgan fingerprint density at radius 3 is 3.16 bits per heavy atom. The Morgan fingerprint density at radius 1 is 1.63 bits per heavy atom. The van der Waals surface area contributed by atoms with Crippen LogP contribution in [0.3, 0.4) is 0 Å². The van der Waals surface area contributed by atoms with Crippen molar-refractivity contribution in [3.63, 3.8) is 0 Å². The van der Waals surface area contributed by atoms with E-state index in [-0.39, 0.29) is 17.9 Å². The van der Waals surface area contributed by atoms with E-state index in [1.165, 1.54) is 6.26 Å². The molecule has 0 spiro atoms. The van der Waals surface area contributed by atoms with Gasteiger partial charge in [-0.2, -0.15) is 5.26 Å². The molecule has 19 heavy (non-hydrogen) atoms. The van der Waals surface area contributed by atoms with Crippen LogP contribution in [0.25, 0.3) is 0 Å². The molecule has 1 fully saturated rings. The van der Waals surface area contributed by atoms with Gasteiger partial charge in [-0.3, -0.25) is 4.79 Å². The first kappa shape index (κ1) is 13.6. The average molecular weight is 262 g/mol. The zero-order valence-electron chi connectivity index (χ0n) is 10.8. The van der Waals surface area contributed by atoms with E-state index in [2.05, 4.69) is 11.4 Å². The Bertz CT molecular complexity index is 430. The molecule has 1 aliphatic rings. The molecular formula is C14H18N2O3. The number of hydrogen-bond donors (Lipinski definition) is 1. The number of ether oxygens (including phenoxy) is 1. The predicted octanol–water partition coefficient (Wildman–Crippen LogP) is 1.96. The number of carbonyl (C=O) groups excluding carboxylic acids is 1. The summed E-state index contributed by atoms with van der Waals surface area (Å²) >= 11 is 0. The summed E-state index contributed by atoms with van der Waals surface area (Å²) in [6.45, 7) is 1.35. The number of furan rings is 1. The van der Waals surface area contributed by atoms with E-state index >= 15 is 0 Å². The SMILES string of the molecule is N#CC(CCC(=O)NCC1CCCO1)c1ccco1. The molecule has 5 heteroatoms. The van der Waals surface area contributed by atoms with Gasteiger partial charge in [-0.05, 0) is 31.4 Å². The Kier molecular flexibility index (Phi) is 4.99. The number of nitrogens with one attached hydrogen (secondary N) is 1. The van der Waals surface area contributed by atoms with Crippen LogP contribution in [0.2, 0.25) is 0 Å². The molecule has 1 aromatic rings. The van der Waals surface area contributed by atoms with E-state index in [4.69, 9.17) is 14.4 Å². The van der Waals surface area contributed by atoms with Crippen molar-refractivity contribution in [2.45, 2.75) is 37.7 Å². The molecule has 1 amide bonds. The number of hydrogen-bond acceptors (Lipinski definition) is 4. The number of nitriles is 1. The highest BCUT2D eigenvalue weighted by atomic mass is 16.5. The highest BCUT2D eigenvalue weighted by Crippen LogP contribution is 2.20. The molecule has 2 rings (SSSR count). The van der Waals surface area contributed by atoms with Gasteiger partial charge in [0.25, 0.3) is 0 Å². The molecule has 0 radical (unpaired) electrons. The second-order valence-corrected chi connectivity index (χ2v) is 4.67. The summed E-state index contributed by atoms with van der Waals surface area (Å²) in [4.78, 5) is 11.7. The molecule has 0 aromatic carbocycles. The quantitative estimate of drug-likeness (QED) is 0.850. The number of nitrogens with zero attached hydrogens (tertiary/aromatic N) is 1. The van der Waals surface area contributed by atoms with Crippen LogP contribution in [0.4, 0.5) is 0 Å². The van der Waals surface area contributed by atoms with Crippen LogP contribution in [-0.4, -0.2) is 25.2 Å².